The van der Waals surface area contributed by atoms with Crippen molar-refractivity contribution in [3.05, 3.63) is 90.4 Å². The number of aromatic nitrogens is 3. The van der Waals surface area contributed by atoms with Gasteiger partial charge in [0.05, 0.1) is 29.6 Å². The minimum absolute atomic E-state index is 0.0104. The van der Waals surface area contributed by atoms with Crippen LogP contribution in [0.25, 0.3) is 5.82 Å². The van der Waals surface area contributed by atoms with Crippen LogP contribution in [0.1, 0.15) is 15.9 Å². The zero-order valence-corrected chi connectivity index (χ0v) is 19.7. The highest BCUT2D eigenvalue weighted by molar-refractivity contribution is 7.92. The number of ether oxygens (including phenoxy) is 1. The predicted octanol–water partition coefficient (Wildman–Crippen LogP) is 3.66. The van der Waals surface area contributed by atoms with Gasteiger partial charge >= 0.3 is 0 Å². The molecule has 4 aromatic rings. The molecule has 0 saturated carbocycles. The Morgan fingerprint density at radius 2 is 1.88 bits per heavy atom. The molecule has 0 aliphatic heterocycles. The number of nitrogens with zero attached hydrogens (tertiary/aromatic N) is 4. The minimum atomic E-state index is -3.95. The van der Waals surface area contributed by atoms with Crippen molar-refractivity contribution >= 4 is 27.3 Å². The number of hydrogen-bond donors (Lipinski definition) is 1. The molecule has 0 atom stereocenters. The van der Waals surface area contributed by atoms with E-state index in [2.05, 4.69) is 15.4 Å². The van der Waals surface area contributed by atoms with E-state index in [0.717, 1.165) is 4.31 Å². The summed E-state index contributed by atoms with van der Waals surface area (Å²) in [4.78, 5) is 17.3. The fourth-order valence-electron chi connectivity index (χ4n) is 3.38. The highest BCUT2D eigenvalue weighted by Crippen LogP contribution is 2.31. The van der Waals surface area contributed by atoms with Crippen LogP contribution in [-0.2, 0) is 10.0 Å². The highest BCUT2D eigenvalue weighted by Gasteiger charge is 2.25. The average Bonchev–Trinajstić information content (AvgIpc) is 3.39. The van der Waals surface area contributed by atoms with Crippen molar-refractivity contribution in [1.82, 2.24) is 14.8 Å². The molecule has 0 aliphatic carbocycles. The molecule has 174 valence electrons. The lowest BCUT2D eigenvalue weighted by atomic mass is 10.1. The van der Waals surface area contributed by atoms with Gasteiger partial charge in [-0.2, -0.15) is 5.10 Å². The predicted molar refractivity (Wildman–Crippen MR) is 129 cm³/mol. The summed E-state index contributed by atoms with van der Waals surface area (Å²) in [5, 5.41) is 6.88. The number of carbonyl (C=O) groups excluding carboxylic acids is 1. The maximum atomic E-state index is 13.3. The van der Waals surface area contributed by atoms with E-state index in [4.69, 9.17) is 4.74 Å². The van der Waals surface area contributed by atoms with Crippen molar-refractivity contribution < 1.29 is 17.9 Å². The molecular weight excluding hydrogens is 454 g/mol. The molecule has 4 rings (SSSR count). The van der Waals surface area contributed by atoms with E-state index in [1.165, 1.54) is 32.5 Å². The average molecular weight is 478 g/mol. The third-order valence-electron chi connectivity index (χ3n) is 5.28. The summed E-state index contributed by atoms with van der Waals surface area (Å²) in [6, 6.07) is 16.5. The number of hydrogen-bond acceptors (Lipinski definition) is 6. The SMILES string of the molecule is COc1ccccc1N(C)S(=O)(=O)c1ccc(C)c(C(=O)Nc2ccc(-n3cccn3)nc2)c1. The molecule has 2 aromatic heterocycles. The van der Waals surface area contributed by atoms with Crippen molar-refractivity contribution in [3.63, 3.8) is 0 Å². The van der Waals surface area contributed by atoms with Crippen LogP contribution in [0, 0.1) is 6.92 Å². The number of nitrogens with one attached hydrogen (secondary N) is 1. The number of anilines is 2. The first kappa shape index (κ1) is 23.0. The van der Waals surface area contributed by atoms with Crippen LogP contribution in [0.5, 0.6) is 5.75 Å². The van der Waals surface area contributed by atoms with Crippen molar-refractivity contribution in [3.8, 4) is 11.6 Å². The lowest BCUT2D eigenvalue weighted by Gasteiger charge is -2.22. The fraction of sp³-hybridized carbons (Fsp3) is 0.125. The number of amides is 1. The Labute approximate surface area is 197 Å². The second kappa shape index (κ2) is 9.36. The zero-order valence-electron chi connectivity index (χ0n) is 18.8. The quantitative estimate of drug-likeness (QED) is 0.435. The van der Waals surface area contributed by atoms with E-state index in [-0.39, 0.29) is 10.5 Å². The Hall–Kier alpha value is -4.18. The maximum Gasteiger partial charge on any atom is 0.264 e. The van der Waals surface area contributed by atoms with E-state index >= 15 is 0 Å². The van der Waals surface area contributed by atoms with Crippen LogP contribution in [0.4, 0.5) is 11.4 Å². The van der Waals surface area contributed by atoms with Crippen LogP contribution in [-0.4, -0.2) is 43.2 Å². The Kier molecular flexibility index (Phi) is 6.33. The maximum absolute atomic E-state index is 13.3. The molecule has 0 fully saturated rings. The molecule has 2 heterocycles. The molecule has 2 aromatic carbocycles. The van der Waals surface area contributed by atoms with Gasteiger partial charge in [0.25, 0.3) is 15.9 Å². The molecule has 0 spiro atoms. The smallest absolute Gasteiger partial charge is 0.264 e. The minimum Gasteiger partial charge on any atom is -0.495 e. The van der Waals surface area contributed by atoms with Gasteiger partial charge in [0.15, 0.2) is 5.82 Å². The molecule has 0 bridgehead atoms. The van der Waals surface area contributed by atoms with Gasteiger partial charge in [-0.15, -0.1) is 0 Å². The number of methoxy groups -OCH3 is 1. The zero-order chi connectivity index (χ0) is 24.3. The molecule has 9 nitrogen and oxygen atoms in total. The lowest BCUT2D eigenvalue weighted by molar-refractivity contribution is 0.102. The molecule has 0 radical (unpaired) electrons. The largest absolute Gasteiger partial charge is 0.495 e. The first-order valence-electron chi connectivity index (χ1n) is 10.3. The number of aryl methyl sites for hydroxylation is 1. The number of rotatable bonds is 7. The molecule has 0 unspecified atom stereocenters. The van der Waals surface area contributed by atoms with Gasteiger partial charge in [-0.25, -0.2) is 18.1 Å². The fourth-order valence-corrected chi connectivity index (χ4v) is 4.61. The summed E-state index contributed by atoms with van der Waals surface area (Å²) >= 11 is 0. The molecule has 0 saturated heterocycles. The van der Waals surface area contributed by atoms with Gasteiger partial charge < -0.3 is 10.1 Å². The van der Waals surface area contributed by atoms with E-state index in [1.807, 2.05) is 0 Å². The van der Waals surface area contributed by atoms with E-state index < -0.39 is 15.9 Å². The monoisotopic (exact) mass is 477 g/mol. The number of pyridine rings is 1. The summed E-state index contributed by atoms with van der Waals surface area (Å²) < 4.78 is 34.7. The lowest BCUT2D eigenvalue weighted by Crippen LogP contribution is -2.27. The number of benzene rings is 2. The van der Waals surface area contributed by atoms with Gasteiger partial charge in [-0.1, -0.05) is 18.2 Å². The molecular formula is C24H23N5O4S. The third kappa shape index (κ3) is 4.48. The van der Waals surface area contributed by atoms with Crippen LogP contribution >= 0.6 is 0 Å². The van der Waals surface area contributed by atoms with E-state index in [0.29, 0.717) is 28.5 Å². The first-order valence-corrected chi connectivity index (χ1v) is 11.8. The van der Waals surface area contributed by atoms with Crippen LogP contribution in [0.3, 0.4) is 0 Å². The Balaban J connectivity index is 1.59. The molecule has 10 heteroatoms. The van der Waals surface area contributed by atoms with Crippen LogP contribution in [0.2, 0.25) is 0 Å². The summed E-state index contributed by atoms with van der Waals surface area (Å²) in [5.41, 5.74) is 1.74. The number of para-hydroxylation sites is 2. The first-order chi connectivity index (χ1) is 16.3. The van der Waals surface area contributed by atoms with Gasteiger partial charge in [0, 0.05) is 25.0 Å². The Bertz CT molecular complexity index is 1420. The second-order valence-corrected chi connectivity index (χ2v) is 9.40. The van der Waals surface area contributed by atoms with Gasteiger partial charge in [-0.05, 0) is 55.0 Å². The number of carbonyl (C=O) groups is 1. The van der Waals surface area contributed by atoms with Crippen molar-refractivity contribution in [2.45, 2.75) is 11.8 Å². The van der Waals surface area contributed by atoms with Gasteiger partial charge in [0.2, 0.25) is 0 Å². The van der Waals surface area contributed by atoms with Gasteiger partial charge in [-0.3, -0.25) is 9.10 Å². The molecule has 1 N–H and O–H groups in total. The highest BCUT2D eigenvalue weighted by atomic mass is 32.2. The van der Waals surface area contributed by atoms with Crippen LogP contribution in [0.15, 0.2) is 84.1 Å². The Morgan fingerprint density at radius 3 is 2.56 bits per heavy atom. The van der Waals surface area contributed by atoms with Crippen molar-refractivity contribution in [2.75, 3.05) is 23.8 Å². The normalized spacial score (nSPS) is 11.1. The topological polar surface area (TPSA) is 106 Å². The Morgan fingerprint density at radius 1 is 1.09 bits per heavy atom. The molecule has 1 amide bonds. The van der Waals surface area contributed by atoms with E-state index in [1.54, 1.807) is 72.5 Å². The summed E-state index contributed by atoms with van der Waals surface area (Å²) in [7, 11) is -1.03. The van der Waals surface area contributed by atoms with Crippen molar-refractivity contribution in [1.29, 1.82) is 0 Å². The van der Waals surface area contributed by atoms with Crippen molar-refractivity contribution in [2.24, 2.45) is 0 Å². The molecule has 34 heavy (non-hydrogen) atoms. The van der Waals surface area contributed by atoms with E-state index in [9.17, 15) is 13.2 Å². The summed E-state index contributed by atoms with van der Waals surface area (Å²) in [6.45, 7) is 1.74. The van der Waals surface area contributed by atoms with Gasteiger partial charge in [0.1, 0.15) is 5.75 Å². The second-order valence-electron chi connectivity index (χ2n) is 7.43. The standard InChI is InChI=1S/C24H23N5O4S/c1-17-9-11-19(34(31,32)28(2)21-7-4-5-8-22(21)33-3)15-20(17)24(30)27-18-10-12-23(25-16-18)29-14-6-13-26-29/h4-16H,1-3H3,(H,27,30). The summed E-state index contributed by atoms with van der Waals surface area (Å²) in [6.07, 6.45) is 4.92. The molecule has 0 aliphatic rings. The summed E-state index contributed by atoms with van der Waals surface area (Å²) in [5.74, 6) is 0.583. The number of sulfonamides is 1. The third-order valence-corrected chi connectivity index (χ3v) is 7.05. The van der Waals surface area contributed by atoms with Crippen LogP contribution < -0.4 is 14.4 Å².